The number of benzene rings is 1. The Kier molecular flexibility index (Phi) is 3.57. The predicted molar refractivity (Wildman–Crippen MR) is 79.9 cm³/mol. The van der Waals surface area contributed by atoms with Crippen LogP contribution in [0.1, 0.15) is 32.3 Å². The van der Waals surface area contributed by atoms with Crippen LogP contribution in [0.5, 0.6) is 0 Å². The zero-order valence-corrected chi connectivity index (χ0v) is 12.1. The van der Waals surface area contributed by atoms with Crippen LogP contribution in [-0.2, 0) is 0 Å². The molecule has 0 radical (unpaired) electrons. The minimum Gasteiger partial charge on any atom is -0.384 e. The minimum atomic E-state index is 0.154. The molecule has 4 heteroatoms. The van der Waals surface area contributed by atoms with E-state index in [1.165, 1.54) is 12.8 Å². The second kappa shape index (κ2) is 4.84. The number of thioether (sulfide) groups is 1. The third-order valence-electron chi connectivity index (χ3n) is 3.69. The Balaban J connectivity index is 2.54. The van der Waals surface area contributed by atoms with Crippen molar-refractivity contribution in [3.63, 3.8) is 0 Å². The van der Waals surface area contributed by atoms with Gasteiger partial charge in [-0.15, -0.1) is 11.8 Å². The number of rotatable bonds is 3. The van der Waals surface area contributed by atoms with E-state index in [4.69, 9.17) is 11.1 Å². The fourth-order valence-electron chi connectivity index (χ4n) is 2.74. The van der Waals surface area contributed by atoms with Crippen LogP contribution in [0.2, 0.25) is 0 Å². The highest BCUT2D eigenvalue weighted by molar-refractivity contribution is 7.98. The van der Waals surface area contributed by atoms with Gasteiger partial charge in [-0.1, -0.05) is 6.07 Å². The van der Waals surface area contributed by atoms with Gasteiger partial charge in [0.05, 0.1) is 5.56 Å². The molecule has 2 rings (SSSR count). The lowest BCUT2D eigenvalue weighted by atomic mass is 10.0. The molecule has 1 heterocycles. The number of hydrogen-bond acceptors (Lipinski definition) is 3. The van der Waals surface area contributed by atoms with Crippen molar-refractivity contribution in [3.05, 3.63) is 23.8 Å². The number of nitrogen functional groups attached to an aromatic ring is 1. The molecule has 1 aliphatic rings. The first-order valence-corrected chi connectivity index (χ1v) is 7.49. The van der Waals surface area contributed by atoms with Crippen LogP contribution in [0.4, 0.5) is 5.69 Å². The molecule has 0 amide bonds. The van der Waals surface area contributed by atoms with Crippen molar-refractivity contribution in [2.24, 2.45) is 5.73 Å². The zero-order chi connectivity index (χ0) is 13.3. The van der Waals surface area contributed by atoms with Crippen LogP contribution in [0.25, 0.3) is 0 Å². The van der Waals surface area contributed by atoms with E-state index in [0.717, 1.165) is 22.7 Å². The molecule has 3 nitrogen and oxygen atoms in total. The van der Waals surface area contributed by atoms with E-state index in [1.54, 1.807) is 11.8 Å². The Hall–Kier alpha value is -1.16. The predicted octanol–water partition coefficient (Wildman–Crippen LogP) is 3.07. The van der Waals surface area contributed by atoms with Gasteiger partial charge in [-0.05, 0) is 45.1 Å². The minimum absolute atomic E-state index is 0.154. The summed E-state index contributed by atoms with van der Waals surface area (Å²) in [6.07, 6.45) is 4.42. The summed E-state index contributed by atoms with van der Waals surface area (Å²) >= 11 is 1.65. The van der Waals surface area contributed by atoms with Crippen LogP contribution in [-0.4, -0.2) is 24.2 Å². The molecule has 0 bridgehead atoms. The second-order valence-electron chi connectivity index (χ2n) is 5.34. The van der Waals surface area contributed by atoms with Gasteiger partial charge in [0.1, 0.15) is 5.84 Å². The Labute approximate surface area is 113 Å². The third-order valence-corrected chi connectivity index (χ3v) is 4.47. The highest BCUT2D eigenvalue weighted by Crippen LogP contribution is 2.38. The van der Waals surface area contributed by atoms with Gasteiger partial charge in [-0.25, -0.2) is 0 Å². The van der Waals surface area contributed by atoms with Crippen LogP contribution >= 0.6 is 11.8 Å². The highest BCUT2D eigenvalue weighted by atomic mass is 32.2. The molecule has 1 fully saturated rings. The van der Waals surface area contributed by atoms with E-state index >= 15 is 0 Å². The Bertz CT molecular complexity index is 468. The maximum absolute atomic E-state index is 7.85. The normalized spacial score (nSPS) is 18.1. The SMILES string of the molecule is CSc1cccc(N2CCCC2(C)C)c1C(=N)N. The van der Waals surface area contributed by atoms with Crippen LogP contribution in [0.15, 0.2) is 23.1 Å². The van der Waals surface area contributed by atoms with Crippen molar-refractivity contribution in [2.45, 2.75) is 37.1 Å². The maximum Gasteiger partial charge on any atom is 0.126 e. The first kappa shape index (κ1) is 13.3. The molecule has 18 heavy (non-hydrogen) atoms. The van der Waals surface area contributed by atoms with Gasteiger partial charge < -0.3 is 10.6 Å². The number of amidine groups is 1. The highest BCUT2D eigenvalue weighted by Gasteiger charge is 2.33. The first-order chi connectivity index (χ1) is 8.47. The molecule has 0 saturated carbocycles. The summed E-state index contributed by atoms with van der Waals surface area (Å²) in [5.74, 6) is 0.164. The molecule has 0 aromatic heterocycles. The van der Waals surface area contributed by atoms with Gasteiger partial charge in [0.2, 0.25) is 0 Å². The lowest BCUT2D eigenvalue weighted by Crippen LogP contribution is -2.39. The molecule has 0 unspecified atom stereocenters. The summed E-state index contributed by atoms with van der Waals surface area (Å²) in [5.41, 5.74) is 7.94. The van der Waals surface area contributed by atoms with Crippen molar-refractivity contribution < 1.29 is 0 Å². The molecule has 1 aliphatic heterocycles. The first-order valence-electron chi connectivity index (χ1n) is 6.26. The fraction of sp³-hybridized carbons (Fsp3) is 0.500. The average molecular weight is 263 g/mol. The smallest absolute Gasteiger partial charge is 0.126 e. The van der Waals surface area contributed by atoms with Gasteiger partial charge in [0, 0.05) is 22.7 Å². The van der Waals surface area contributed by atoms with E-state index in [9.17, 15) is 0 Å². The quantitative estimate of drug-likeness (QED) is 0.500. The van der Waals surface area contributed by atoms with Crippen molar-refractivity contribution >= 4 is 23.3 Å². The van der Waals surface area contributed by atoms with Crippen LogP contribution < -0.4 is 10.6 Å². The fourth-order valence-corrected chi connectivity index (χ4v) is 3.37. The number of nitrogens with zero attached hydrogens (tertiary/aromatic N) is 1. The molecule has 3 N–H and O–H groups in total. The van der Waals surface area contributed by atoms with Crippen molar-refractivity contribution in [2.75, 3.05) is 17.7 Å². The zero-order valence-electron chi connectivity index (χ0n) is 11.3. The monoisotopic (exact) mass is 263 g/mol. The molecular formula is C14H21N3S. The van der Waals surface area contributed by atoms with E-state index in [1.807, 2.05) is 12.3 Å². The number of anilines is 1. The van der Waals surface area contributed by atoms with Crippen LogP contribution in [0.3, 0.4) is 0 Å². The number of nitrogens with one attached hydrogen (secondary N) is 1. The van der Waals surface area contributed by atoms with Gasteiger partial charge in [0.25, 0.3) is 0 Å². The van der Waals surface area contributed by atoms with Gasteiger partial charge in [-0.3, -0.25) is 5.41 Å². The summed E-state index contributed by atoms with van der Waals surface area (Å²) in [6, 6.07) is 6.18. The summed E-state index contributed by atoms with van der Waals surface area (Å²) in [5, 5.41) is 7.85. The van der Waals surface area contributed by atoms with E-state index in [0.29, 0.717) is 0 Å². The Morgan fingerprint density at radius 2 is 2.17 bits per heavy atom. The lowest BCUT2D eigenvalue weighted by Gasteiger charge is -2.35. The second-order valence-corrected chi connectivity index (χ2v) is 6.18. The van der Waals surface area contributed by atoms with Crippen LogP contribution in [0, 0.1) is 5.41 Å². The number of nitrogens with two attached hydrogens (primary N) is 1. The lowest BCUT2D eigenvalue weighted by molar-refractivity contribution is 0.517. The van der Waals surface area contributed by atoms with E-state index in [2.05, 4.69) is 30.9 Å². The molecular weight excluding hydrogens is 242 g/mol. The molecule has 1 aromatic carbocycles. The molecule has 98 valence electrons. The summed E-state index contributed by atoms with van der Waals surface area (Å²) < 4.78 is 0. The standard InChI is InChI=1S/C14H21N3S/c1-14(2)8-5-9-17(14)10-6-4-7-11(18-3)12(10)13(15)16/h4,6-7H,5,8-9H2,1-3H3,(H3,15,16). The molecule has 0 atom stereocenters. The Morgan fingerprint density at radius 1 is 1.44 bits per heavy atom. The largest absolute Gasteiger partial charge is 0.384 e. The molecule has 0 spiro atoms. The topological polar surface area (TPSA) is 53.1 Å². The molecule has 0 aliphatic carbocycles. The summed E-state index contributed by atoms with van der Waals surface area (Å²) in [7, 11) is 0. The molecule has 1 aromatic rings. The number of hydrogen-bond donors (Lipinski definition) is 2. The van der Waals surface area contributed by atoms with Gasteiger partial charge in [0.15, 0.2) is 0 Å². The van der Waals surface area contributed by atoms with E-state index in [-0.39, 0.29) is 11.4 Å². The Morgan fingerprint density at radius 3 is 2.67 bits per heavy atom. The van der Waals surface area contributed by atoms with Crippen molar-refractivity contribution in [1.29, 1.82) is 5.41 Å². The van der Waals surface area contributed by atoms with Gasteiger partial charge >= 0.3 is 0 Å². The van der Waals surface area contributed by atoms with E-state index < -0.39 is 0 Å². The maximum atomic E-state index is 7.85. The van der Waals surface area contributed by atoms with Crippen molar-refractivity contribution in [1.82, 2.24) is 0 Å². The van der Waals surface area contributed by atoms with Crippen molar-refractivity contribution in [3.8, 4) is 0 Å². The third kappa shape index (κ3) is 2.21. The summed E-state index contributed by atoms with van der Waals surface area (Å²) in [4.78, 5) is 3.48. The van der Waals surface area contributed by atoms with Gasteiger partial charge in [-0.2, -0.15) is 0 Å². The average Bonchev–Trinajstić information content (AvgIpc) is 2.67. The molecule has 1 saturated heterocycles. The summed E-state index contributed by atoms with van der Waals surface area (Å²) in [6.45, 7) is 5.57.